The fourth-order valence-corrected chi connectivity index (χ4v) is 4.20. The van der Waals surface area contributed by atoms with Crippen LogP contribution in [0.1, 0.15) is 18.9 Å². The number of carboxylic acids is 1. The highest BCUT2D eigenvalue weighted by Crippen LogP contribution is 2.52. The van der Waals surface area contributed by atoms with Crippen LogP contribution >= 0.6 is 0 Å². The van der Waals surface area contributed by atoms with Gasteiger partial charge in [-0.1, -0.05) is 23.8 Å². The molecule has 1 amide bonds. The van der Waals surface area contributed by atoms with Crippen LogP contribution in [0.3, 0.4) is 0 Å². The number of esters is 2. The number of cyclic esters (lactones) is 2. The SMILES string of the molecule is CC1=C2c3ccccc3N(C(=O)/C=C\C(=O)O)[C@H]2[C@H]2C(=O)OC(=O)[C@@H]2C1. The molecule has 3 aliphatic rings. The standard InChI is InChI=1S/C19H15NO6/c1-9-8-11-16(19(25)26-18(11)24)17-15(9)10-4-2-3-5-12(10)20(17)13(21)6-7-14(22)23/h2-7,11,16-17H,8H2,1H3,(H,22,23)/b7-6-/t11-,16+,17-/m1/s1. The number of rotatable bonds is 2. The van der Waals surface area contributed by atoms with E-state index in [2.05, 4.69) is 0 Å². The number of para-hydroxylation sites is 1. The molecule has 26 heavy (non-hydrogen) atoms. The molecule has 1 saturated heterocycles. The Morgan fingerprint density at radius 3 is 2.65 bits per heavy atom. The second kappa shape index (κ2) is 5.66. The van der Waals surface area contributed by atoms with Gasteiger partial charge in [0, 0.05) is 17.7 Å². The van der Waals surface area contributed by atoms with Gasteiger partial charge < -0.3 is 9.84 Å². The van der Waals surface area contributed by atoms with Gasteiger partial charge in [-0.05, 0) is 25.0 Å². The summed E-state index contributed by atoms with van der Waals surface area (Å²) in [7, 11) is 0. The molecule has 1 aliphatic carbocycles. The highest BCUT2D eigenvalue weighted by molar-refractivity contribution is 6.13. The third kappa shape index (κ3) is 2.20. The second-order valence-electron chi connectivity index (χ2n) is 6.61. The number of carbonyl (C=O) groups excluding carboxylic acids is 3. The minimum absolute atomic E-state index is 0.405. The van der Waals surface area contributed by atoms with Gasteiger partial charge in [-0.2, -0.15) is 0 Å². The van der Waals surface area contributed by atoms with E-state index in [0.29, 0.717) is 12.1 Å². The number of hydrogen-bond donors (Lipinski definition) is 1. The third-order valence-electron chi connectivity index (χ3n) is 5.17. The molecule has 0 radical (unpaired) electrons. The summed E-state index contributed by atoms with van der Waals surface area (Å²) in [6, 6.07) is 6.54. The first kappa shape index (κ1) is 16.3. The monoisotopic (exact) mass is 353 g/mol. The van der Waals surface area contributed by atoms with Gasteiger partial charge in [-0.15, -0.1) is 0 Å². The van der Waals surface area contributed by atoms with E-state index >= 15 is 0 Å². The summed E-state index contributed by atoms with van der Waals surface area (Å²) >= 11 is 0. The number of fused-ring (bicyclic) bond motifs is 5. The molecule has 7 heteroatoms. The lowest BCUT2D eigenvalue weighted by Crippen LogP contribution is -2.47. The molecule has 2 heterocycles. The van der Waals surface area contributed by atoms with Crippen LogP contribution in [0.25, 0.3) is 5.57 Å². The number of amides is 1. The van der Waals surface area contributed by atoms with Gasteiger partial charge in [-0.3, -0.25) is 19.3 Å². The zero-order chi connectivity index (χ0) is 18.6. The Morgan fingerprint density at radius 1 is 1.19 bits per heavy atom. The first-order chi connectivity index (χ1) is 12.4. The van der Waals surface area contributed by atoms with Crippen molar-refractivity contribution >= 4 is 35.1 Å². The van der Waals surface area contributed by atoms with Crippen LogP contribution in [0.5, 0.6) is 0 Å². The maximum Gasteiger partial charge on any atom is 0.328 e. The van der Waals surface area contributed by atoms with Crippen LogP contribution in [-0.4, -0.2) is 35.0 Å². The molecule has 2 aliphatic heterocycles. The van der Waals surface area contributed by atoms with Crippen LogP contribution < -0.4 is 4.90 Å². The number of anilines is 1. The lowest BCUT2D eigenvalue weighted by atomic mass is 9.73. The summed E-state index contributed by atoms with van der Waals surface area (Å²) in [5.41, 5.74) is 3.18. The predicted molar refractivity (Wildman–Crippen MR) is 89.8 cm³/mol. The summed E-state index contributed by atoms with van der Waals surface area (Å²) in [4.78, 5) is 49.4. The Morgan fingerprint density at radius 2 is 1.92 bits per heavy atom. The van der Waals surface area contributed by atoms with Crippen molar-refractivity contribution in [2.45, 2.75) is 19.4 Å². The number of nitrogens with zero attached hydrogens (tertiary/aromatic N) is 1. The van der Waals surface area contributed by atoms with E-state index in [-0.39, 0.29) is 0 Å². The molecule has 3 atom stereocenters. The van der Waals surface area contributed by atoms with E-state index < -0.39 is 41.7 Å². The Labute approximate surface area is 148 Å². The maximum absolute atomic E-state index is 12.8. The number of allylic oxidation sites excluding steroid dienone is 1. The molecule has 0 aromatic heterocycles. The van der Waals surface area contributed by atoms with E-state index in [1.165, 1.54) is 4.90 Å². The van der Waals surface area contributed by atoms with Crippen molar-refractivity contribution in [1.29, 1.82) is 0 Å². The van der Waals surface area contributed by atoms with Gasteiger partial charge >= 0.3 is 17.9 Å². The van der Waals surface area contributed by atoms with Crippen molar-refractivity contribution < 1.29 is 29.0 Å². The predicted octanol–water partition coefficient (Wildman–Crippen LogP) is 1.54. The highest BCUT2D eigenvalue weighted by atomic mass is 16.6. The van der Waals surface area contributed by atoms with Gasteiger partial charge in [0.1, 0.15) is 0 Å². The zero-order valence-corrected chi connectivity index (χ0v) is 13.8. The maximum atomic E-state index is 12.8. The molecular formula is C19H15NO6. The van der Waals surface area contributed by atoms with Crippen LogP contribution in [0, 0.1) is 11.8 Å². The van der Waals surface area contributed by atoms with Crippen molar-refractivity contribution in [1.82, 2.24) is 0 Å². The van der Waals surface area contributed by atoms with Crippen molar-refractivity contribution in [3.63, 3.8) is 0 Å². The van der Waals surface area contributed by atoms with Crippen LogP contribution in [-0.2, 0) is 23.9 Å². The molecule has 1 fully saturated rings. The van der Waals surface area contributed by atoms with Crippen LogP contribution in [0.4, 0.5) is 5.69 Å². The van der Waals surface area contributed by atoms with E-state index in [1.807, 2.05) is 19.1 Å². The number of aliphatic carboxylic acids is 1. The summed E-state index contributed by atoms with van der Waals surface area (Å²) < 4.78 is 4.84. The molecule has 0 spiro atoms. The number of benzene rings is 1. The van der Waals surface area contributed by atoms with Crippen LogP contribution in [0.2, 0.25) is 0 Å². The topological polar surface area (TPSA) is 101 Å². The number of carboxylic acid groups (broad SMARTS) is 1. The first-order valence-electron chi connectivity index (χ1n) is 8.19. The molecule has 132 valence electrons. The Hall–Kier alpha value is -3.22. The van der Waals surface area contributed by atoms with Crippen molar-refractivity contribution in [2.24, 2.45) is 11.8 Å². The average Bonchev–Trinajstić information content (AvgIpc) is 3.08. The number of carbonyl (C=O) groups is 4. The van der Waals surface area contributed by atoms with Crippen molar-refractivity contribution in [2.75, 3.05) is 4.90 Å². The average molecular weight is 353 g/mol. The van der Waals surface area contributed by atoms with E-state index in [0.717, 1.165) is 28.9 Å². The molecule has 1 aromatic carbocycles. The second-order valence-corrected chi connectivity index (χ2v) is 6.61. The Kier molecular flexibility index (Phi) is 3.54. The van der Waals surface area contributed by atoms with Gasteiger partial charge in [-0.25, -0.2) is 4.79 Å². The smallest absolute Gasteiger partial charge is 0.328 e. The number of ether oxygens (including phenoxy) is 1. The van der Waals surface area contributed by atoms with Gasteiger partial charge in [0.2, 0.25) is 0 Å². The lowest BCUT2D eigenvalue weighted by Gasteiger charge is -2.34. The fraction of sp³-hybridized carbons (Fsp3) is 0.263. The van der Waals surface area contributed by atoms with E-state index in [4.69, 9.17) is 9.84 Å². The van der Waals surface area contributed by atoms with Gasteiger partial charge in [0.15, 0.2) is 0 Å². The Bertz CT molecular complexity index is 928. The van der Waals surface area contributed by atoms with Gasteiger partial charge in [0.05, 0.1) is 23.6 Å². The fourth-order valence-electron chi connectivity index (χ4n) is 4.20. The molecule has 4 rings (SSSR count). The lowest BCUT2D eigenvalue weighted by molar-refractivity contribution is -0.153. The number of hydrogen-bond acceptors (Lipinski definition) is 5. The van der Waals surface area contributed by atoms with Gasteiger partial charge in [0.25, 0.3) is 5.91 Å². The minimum Gasteiger partial charge on any atom is -0.478 e. The normalized spacial score (nSPS) is 26.7. The molecule has 1 aromatic rings. The summed E-state index contributed by atoms with van der Waals surface area (Å²) in [5.74, 6) is -4.40. The molecule has 0 bridgehead atoms. The first-order valence-corrected chi connectivity index (χ1v) is 8.19. The molecular weight excluding hydrogens is 338 g/mol. The largest absolute Gasteiger partial charge is 0.478 e. The van der Waals surface area contributed by atoms with Crippen molar-refractivity contribution in [3.05, 3.63) is 47.6 Å². The van der Waals surface area contributed by atoms with Crippen molar-refractivity contribution in [3.8, 4) is 0 Å². The highest BCUT2D eigenvalue weighted by Gasteiger charge is 2.57. The molecule has 0 unspecified atom stereocenters. The summed E-state index contributed by atoms with van der Waals surface area (Å²) in [6.45, 7) is 1.88. The van der Waals surface area contributed by atoms with E-state index in [9.17, 15) is 19.2 Å². The quantitative estimate of drug-likeness (QED) is 0.492. The molecule has 1 N–H and O–H groups in total. The van der Waals surface area contributed by atoms with Crippen LogP contribution in [0.15, 0.2) is 42.0 Å². The Balaban J connectivity index is 1.89. The van der Waals surface area contributed by atoms with E-state index in [1.54, 1.807) is 12.1 Å². The third-order valence-corrected chi connectivity index (χ3v) is 5.17. The summed E-state index contributed by atoms with van der Waals surface area (Å²) in [6.07, 6.45) is 2.13. The zero-order valence-electron chi connectivity index (χ0n) is 13.8. The molecule has 0 saturated carbocycles. The molecule has 7 nitrogen and oxygen atoms in total. The minimum atomic E-state index is -1.24. The summed E-state index contributed by atoms with van der Waals surface area (Å²) in [5, 5.41) is 8.82.